The molecule has 1 aromatic rings. The molecule has 0 atom stereocenters. The average molecular weight is 285 g/mol. The van der Waals surface area contributed by atoms with E-state index in [1.165, 1.54) is 18.5 Å². The fourth-order valence-electron chi connectivity index (χ4n) is 1.84. The van der Waals surface area contributed by atoms with E-state index >= 15 is 0 Å². The molecule has 0 unspecified atom stereocenters. The van der Waals surface area contributed by atoms with Crippen LogP contribution in [0.4, 0.5) is 5.69 Å². The van der Waals surface area contributed by atoms with Gasteiger partial charge in [0, 0.05) is 44.5 Å². The highest BCUT2D eigenvalue weighted by atomic mass is 35.5. The highest BCUT2D eigenvalue weighted by Gasteiger charge is 2.05. The maximum atomic E-state index is 6.32. The van der Waals surface area contributed by atoms with Crippen LogP contribution in [0.1, 0.15) is 25.3 Å². The highest BCUT2D eigenvalue weighted by Crippen LogP contribution is 2.23. The van der Waals surface area contributed by atoms with Crippen LogP contribution >= 0.6 is 11.6 Å². The normalized spacial score (nSPS) is 10.7. The predicted octanol–water partition coefficient (Wildman–Crippen LogP) is 3.31. The van der Waals surface area contributed by atoms with E-state index in [1.54, 1.807) is 7.11 Å². The third-order valence-electron chi connectivity index (χ3n) is 3.12. The molecule has 0 fully saturated rings. The standard InChI is InChI=1S/C15H25ClN2O/c1-4-5-9-18(2)14-7-6-13(15(16)11-14)12-17-8-10-19-3/h6-7,11,17H,4-5,8-10,12H2,1-3H3. The first-order valence-electron chi connectivity index (χ1n) is 6.88. The Morgan fingerprint density at radius 2 is 2.16 bits per heavy atom. The van der Waals surface area contributed by atoms with Crippen molar-refractivity contribution in [1.82, 2.24) is 5.32 Å². The SMILES string of the molecule is CCCCN(C)c1ccc(CNCCOC)c(Cl)c1. The minimum atomic E-state index is 0.718. The van der Waals surface area contributed by atoms with E-state index in [0.29, 0.717) is 0 Å². The highest BCUT2D eigenvalue weighted by molar-refractivity contribution is 6.31. The van der Waals surface area contributed by atoms with Crippen LogP contribution in [0.25, 0.3) is 0 Å². The predicted molar refractivity (Wildman–Crippen MR) is 83.2 cm³/mol. The average Bonchev–Trinajstić information content (AvgIpc) is 2.42. The summed E-state index contributed by atoms with van der Waals surface area (Å²) in [6, 6.07) is 6.28. The first kappa shape index (κ1) is 16.3. The van der Waals surface area contributed by atoms with Gasteiger partial charge in [-0.25, -0.2) is 0 Å². The number of hydrogen-bond acceptors (Lipinski definition) is 3. The molecule has 0 aromatic heterocycles. The van der Waals surface area contributed by atoms with Gasteiger partial charge in [0.05, 0.1) is 6.61 Å². The van der Waals surface area contributed by atoms with Crippen LogP contribution in [0.15, 0.2) is 18.2 Å². The second kappa shape index (κ2) is 9.18. The van der Waals surface area contributed by atoms with Gasteiger partial charge in [-0.1, -0.05) is 31.0 Å². The van der Waals surface area contributed by atoms with Gasteiger partial charge in [-0.3, -0.25) is 0 Å². The summed E-state index contributed by atoms with van der Waals surface area (Å²) in [7, 11) is 3.81. The number of ether oxygens (including phenoxy) is 1. The summed E-state index contributed by atoms with van der Waals surface area (Å²) in [6.45, 7) is 5.61. The lowest BCUT2D eigenvalue weighted by Crippen LogP contribution is -2.20. The molecule has 0 aliphatic heterocycles. The van der Waals surface area contributed by atoms with Gasteiger partial charge in [-0.15, -0.1) is 0 Å². The second-order valence-corrected chi connectivity index (χ2v) is 5.13. The lowest BCUT2D eigenvalue weighted by molar-refractivity contribution is 0.199. The van der Waals surface area contributed by atoms with E-state index in [4.69, 9.17) is 16.3 Å². The van der Waals surface area contributed by atoms with Gasteiger partial charge in [0.15, 0.2) is 0 Å². The summed E-state index contributed by atoms with van der Waals surface area (Å²) < 4.78 is 5.00. The molecule has 0 aliphatic carbocycles. The molecule has 3 nitrogen and oxygen atoms in total. The van der Waals surface area contributed by atoms with Crippen LogP contribution in [-0.2, 0) is 11.3 Å². The van der Waals surface area contributed by atoms with Crippen LogP contribution in [0.3, 0.4) is 0 Å². The van der Waals surface area contributed by atoms with E-state index in [0.717, 1.165) is 36.8 Å². The Bertz CT molecular complexity index is 371. The lowest BCUT2D eigenvalue weighted by Gasteiger charge is -2.20. The number of hydrogen-bond donors (Lipinski definition) is 1. The van der Waals surface area contributed by atoms with Crippen molar-refractivity contribution in [2.24, 2.45) is 0 Å². The summed E-state index contributed by atoms with van der Waals surface area (Å²) in [5, 5.41) is 4.13. The molecule has 108 valence electrons. The zero-order chi connectivity index (χ0) is 14.1. The number of anilines is 1. The summed E-state index contributed by atoms with van der Waals surface area (Å²) >= 11 is 6.32. The fraction of sp³-hybridized carbons (Fsp3) is 0.600. The van der Waals surface area contributed by atoms with Crippen molar-refractivity contribution < 1.29 is 4.74 Å². The van der Waals surface area contributed by atoms with E-state index in [9.17, 15) is 0 Å². The van der Waals surface area contributed by atoms with Crippen molar-refractivity contribution >= 4 is 17.3 Å². The van der Waals surface area contributed by atoms with Crippen LogP contribution < -0.4 is 10.2 Å². The number of nitrogens with zero attached hydrogens (tertiary/aromatic N) is 1. The van der Waals surface area contributed by atoms with E-state index in [-0.39, 0.29) is 0 Å². The van der Waals surface area contributed by atoms with Gasteiger partial charge in [0.2, 0.25) is 0 Å². The molecule has 19 heavy (non-hydrogen) atoms. The van der Waals surface area contributed by atoms with Crippen molar-refractivity contribution in [3.63, 3.8) is 0 Å². The lowest BCUT2D eigenvalue weighted by atomic mass is 10.2. The zero-order valence-electron chi connectivity index (χ0n) is 12.2. The number of unbranched alkanes of at least 4 members (excludes halogenated alkanes) is 1. The Hall–Kier alpha value is -0.770. The molecule has 4 heteroatoms. The number of methoxy groups -OCH3 is 1. The molecule has 0 saturated heterocycles. The van der Waals surface area contributed by atoms with Gasteiger partial charge in [0.1, 0.15) is 0 Å². The van der Waals surface area contributed by atoms with E-state index in [2.05, 4.69) is 36.3 Å². The van der Waals surface area contributed by atoms with Gasteiger partial charge in [-0.2, -0.15) is 0 Å². The third-order valence-corrected chi connectivity index (χ3v) is 3.47. The maximum absolute atomic E-state index is 6.32. The molecule has 1 N–H and O–H groups in total. The summed E-state index contributed by atoms with van der Waals surface area (Å²) in [4.78, 5) is 2.25. The van der Waals surface area contributed by atoms with Crippen LogP contribution in [0.5, 0.6) is 0 Å². The molecular formula is C15H25ClN2O. The van der Waals surface area contributed by atoms with Crippen molar-refractivity contribution in [1.29, 1.82) is 0 Å². The maximum Gasteiger partial charge on any atom is 0.0587 e. The van der Waals surface area contributed by atoms with Crippen molar-refractivity contribution in [3.8, 4) is 0 Å². The molecule has 0 saturated carbocycles. The second-order valence-electron chi connectivity index (χ2n) is 4.72. The molecule has 0 aliphatic rings. The smallest absolute Gasteiger partial charge is 0.0587 e. The quantitative estimate of drug-likeness (QED) is 0.704. The Morgan fingerprint density at radius 3 is 2.79 bits per heavy atom. The molecule has 0 bridgehead atoms. The Kier molecular flexibility index (Phi) is 7.87. The largest absolute Gasteiger partial charge is 0.383 e. The first-order valence-corrected chi connectivity index (χ1v) is 7.26. The number of benzene rings is 1. The minimum absolute atomic E-state index is 0.718. The monoisotopic (exact) mass is 284 g/mol. The van der Waals surface area contributed by atoms with Crippen LogP contribution in [0, 0.1) is 0 Å². The van der Waals surface area contributed by atoms with Gasteiger partial charge in [0.25, 0.3) is 0 Å². The van der Waals surface area contributed by atoms with Gasteiger partial charge in [-0.05, 0) is 24.1 Å². The summed E-state index contributed by atoms with van der Waals surface area (Å²) in [5.74, 6) is 0. The molecule has 0 amide bonds. The molecular weight excluding hydrogens is 260 g/mol. The molecule has 0 heterocycles. The number of nitrogens with one attached hydrogen (secondary N) is 1. The Morgan fingerprint density at radius 1 is 1.37 bits per heavy atom. The molecule has 1 aromatic carbocycles. The van der Waals surface area contributed by atoms with E-state index < -0.39 is 0 Å². The summed E-state index contributed by atoms with van der Waals surface area (Å²) in [5.41, 5.74) is 2.31. The topological polar surface area (TPSA) is 24.5 Å². The van der Waals surface area contributed by atoms with Crippen molar-refractivity contribution in [2.75, 3.05) is 38.8 Å². The summed E-state index contributed by atoms with van der Waals surface area (Å²) in [6.07, 6.45) is 2.41. The van der Waals surface area contributed by atoms with Gasteiger partial charge >= 0.3 is 0 Å². The Labute approximate surface area is 121 Å². The number of rotatable bonds is 9. The molecule has 0 radical (unpaired) electrons. The Balaban J connectivity index is 2.53. The van der Waals surface area contributed by atoms with Crippen LogP contribution in [-0.4, -0.2) is 33.9 Å². The van der Waals surface area contributed by atoms with E-state index in [1.807, 2.05) is 6.07 Å². The fourth-order valence-corrected chi connectivity index (χ4v) is 2.08. The third kappa shape index (κ3) is 5.81. The van der Waals surface area contributed by atoms with Gasteiger partial charge < -0.3 is 15.0 Å². The van der Waals surface area contributed by atoms with Crippen molar-refractivity contribution in [2.45, 2.75) is 26.3 Å². The number of halogens is 1. The molecule has 1 rings (SSSR count). The first-order chi connectivity index (χ1) is 9.19. The minimum Gasteiger partial charge on any atom is -0.383 e. The zero-order valence-corrected chi connectivity index (χ0v) is 13.0. The van der Waals surface area contributed by atoms with Crippen molar-refractivity contribution in [3.05, 3.63) is 28.8 Å². The van der Waals surface area contributed by atoms with Crippen LogP contribution in [0.2, 0.25) is 5.02 Å². The molecule has 0 spiro atoms.